The van der Waals surface area contributed by atoms with Crippen LogP contribution in [-0.2, 0) is 17.7 Å². The molecule has 0 saturated heterocycles. The van der Waals surface area contributed by atoms with Crippen molar-refractivity contribution in [3.8, 4) is 0 Å². The summed E-state index contributed by atoms with van der Waals surface area (Å²) in [6, 6.07) is 2.06. The Morgan fingerprint density at radius 1 is 0.429 bits per heavy atom. The van der Waals surface area contributed by atoms with E-state index in [-0.39, 0.29) is 9.49 Å². The molecule has 2 radical (unpaired) electrons. The minimum atomic E-state index is -1.28. The molecule has 0 aromatic heterocycles. The van der Waals surface area contributed by atoms with Gasteiger partial charge in [-0.2, -0.15) is 0 Å². The molecule has 11 heteroatoms. The van der Waals surface area contributed by atoms with Crippen LogP contribution in [0.1, 0.15) is 135 Å². The summed E-state index contributed by atoms with van der Waals surface area (Å²) in [5.41, 5.74) is 0. The highest BCUT2D eigenvalue weighted by Gasteiger charge is 2.52. The van der Waals surface area contributed by atoms with Crippen molar-refractivity contribution in [3.05, 3.63) is 0 Å². The highest BCUT2D eigenvalue weighted by Crippen LogP contribution is 2.53. The highest BCUT2D eigenvalue weighted by molar-refractivity contribution is 8.02. The van der Waals surface area contributed by atoms with Gasteiger partial charge in [-0.15, -0.1) is 11.8 Å². The zero-order valence-electron chi connectivity index (χ0n) is 35.1. The second kappa shape index (κ2) is 28.9. The van der Waals surface area contributed by atoms with Gasteiger partial charge in [-0.1, -0.05) is 69.2 Å². The van der Waals surface area contributed by atoms with Crippen molar-refractivity contribution < 1.29 is 17.7 Å². The molecule has 49 heavy (non-hydrogen) atoms. The highest BCUT2D eigenvalue weighted by atomic mass is 32.2. The average molecular weight is 749 g/mol. The summed E-state index contributed by atoms with van der Waals surface area (Å²) >= 11 is 2.39. The lowest BCUT2D eigenvalue weighted by Crippen LogP contribution is -2.65. The molecule has 2 atom stereocenters. The van der Waals surface area contributed by atoms with Crippen molar-refractivity contribution in [1.82, 2.24) is 19.6 Å². The molecule has 0 heterocycles. The van der Waals surface area contributed by atoms with Crippen LogP contribution in [-0.4, -0.2) is 139 Å². The van der Waals surface area contributed by atoms with E-state index in [2.05, 4.69) is 128 Å². The Hall–Kier alpha value is 0.464. The Balaban J connectivity index is 7.61. The van der Waals surface area contributed by atoms with E-state index in [4.69, 9.17) is 17.7 Å². The van der Waals surface area contributed by atoms with E-state index < -0.39 is 18.6 Å². The monoisotopic (exact) mass is 749 g/mol. The molecule has 8 nitrogen and oxygen atoms in total. The van der Waals surface area contributed by atoms with Crippen LogP contribution in [0.3, 0.4) is 0 Å². The lowest BCUT2D eigenvalue weighted by Gasteiger charge is -2.57. The first-order valence-corrected chi connectivity index (χ1v) is 24.4. The van der Waals surface area contributed by atoms with Gasteiger partial charge in [0.2, 0.25) is 0 Å². The third kappa shape index (κ3) is 15.4. The lowest BCUT2D eigenvalue weighted by molar-refractivity contribution is 0.0102. The van der Waals surface area contributed by atoms with Gasteiger partial charge < -0.3 is 17.7 Å². The Kier molecular flexibility index (Phi) is 29.2. The van der Waals surface area contributed by atoms with Crippen molar-refractivity contribution in [3.63, 3.8) is 0 Å². The molecule has 0 aliphatic rings. The molecule has 0 saturated carbocycles. The SMILES string of the molecule is CCO[Si](CCCC(CC)(SC(CC)(CCC[Si](OCC)OCC)C(N(CC)CC)N(CC)CC)C(N(CC)CC)N(CC)CC)OCC. The second-order valence-electron chi connectivity index (χ2n) is 12.8. The van der Waals surface area contributed by atoms with Gasteiger partial charge in [-0.3, -0.25) is 19.6 Å². The van der Waals surface area contributed by atoms with Crippen LogP contribution in [0.15, 0.2) is 0 Å². The van der Waals surface area contributed by atoms with E-state index in [1.54, 1.807) is 0 Å². The van der Waals surface area contributed by atoms with E-state index in [0.29, 0.717) is 12.3 Å². The van der Waals surface area contributed by atoms with Crippen molar-refractivity contribution in [2.24, 2.45) is 0 Å². The zero-order chi connectivity index (χ0) is 37.3. The van der Waals surface area contributed by atoms with Gasteiger partial charge in [-0.05, 0) is 131 Å². The van der Waals surface area contributed by atoms with E-state index in [1.165, 1.54) is 0 Å². The average Bonchev–Trinajstić information content (AvgIpc) is 3.11. The fraction of sp³-hybridized carbons (Fsp3) is 1.00. The molecule has 0 rings (SSSR count). The molecule has 0 fully saturated rings. The minimum Gasteiger partial charge on any atom is -0.394 e. The standard InChI is InChI=1S/C38H84N4O4SSi2/c1-15-37(31-29-33-48(43-25-11)44-26-12,35(39(17-3)18-4)40(19-5)20-6)47-38(16-2,32-30-34-49(45-27-13)46-28-14)36(41(21-7)22-8)42(23-9)24-10/h35-36H,15-34H2,1-14H3. The molecule has 294 valence electrons. The normalized spacial score (nSPS) is 15.3. The molecule has 0 aliphatic carbocycles. The number of hydrogen-bond donors (Lipinski definition) is 0. The fourth-order valence-electron chi connectivity index (χ4n) is 7.88. The van der Waals surface area contributed by atoms with Crippen LogP contribution in [0.4, 0.5) is 0 Å². The van der Waals surface area contributed by atoms with E-state index >= 15 is 0 Å². The molecule has 0 aromatic carbocycles. The van der Waals surface area contributed by atoms with Crippen molar-refractivity contribution >= 4 is 30.3 Å². The Bertz CT molecular complexity index is 669. The summed E-state index contributed by atoms with van der Waals surface area (Å²) in [4.78, 5) is 11.1. The van der Waals surface area contributed by atoms with Crippen LogP contribution in [0.25, 0.3) is 0 Å². The predicted octanol–water partition coefficient (Wildman–Crippen LogP) is 8.72. The summed E-state index contributed by atoms with van der Waals surface area (Å²) in [7, 11) is -2.56. The van der Waals surface area contributed by atoms with Gasteiger partial charge in [0.15, 0.2) is 0 Å². The molecule has 0 bridgehead atoms. The van der Waals surface area contributed by atoms with Crippen LogP contribution < -0.4 is 0 Å². The van der Waals surface area contributed by atoms with Crippen LogP contribution in [0.5, 0.6) is 0 Å². The minimum absolute atomic E-state index is 0.0195. The molecular weight excluding hydrogens is 665 g/mol. The smallest absolute Gasteiger partial charge is 0.384 e. The van der Waals surface area contributed by atoms with Gasteiger partial charge >= 0.3 is 18.6 Å². The van der Waals surface area contributed by atoms with E-state index in [9.17, 15) is 0 Å². The van der Waals surface area contributed by atoms with Crippen molar-refractivity contribution in [2.45, 2.75) is 169 Å². The number of hydrogen-bond acceptors (Lipinski definition) is 9. The fourth-order valence-corrected chi connectivity index (χ4v) is 13.2. The van der Waals surface area contributed by atoms with Crippen molar-refractivity contribution in [1.29, 1.82) is 0 Å². The summed E-state index contributed by atoms with van der Waals surface area (Å²) in [5, 5.41) is 0. The van der Waals surface area contributed by atoms with Crippen molar-refractivity contribution in [2.75, 3.05) is 78.8 Å². The van der Waals surface area contributed by atoms with Gasteiger partial charge in [0.1, 0.15) is 0 Å². The first-order chi connectivity index (χ1) is 23.6. The number of rotatable bonds is 34. The Labute approximate surface area is 314 Å². The maximum absolute atomic E-state index is 6.19. The van der Waals surface area contributed by atoms with Gasteiger partial charge in [0.05, 0.1) is 12.3 Å². The van der Waals surface area contributed by atoms with Crippen LogP contribution >= 0.6 is 11.8 Å². The quantitative estimate of drug-likeness (QED) is 0.0475. The van der Waals surface area contributed by atoms with Gasteiger partial charge in [0.25, 0.3) is 0 Å². The summed E-state index contributed by atoms with van der Waals surface area (Å²) in [5.74, 6) is 0. The number of nitrogens with zero attached hydrogens (tertiary/aromatic N) is 4. The number of thioether (sulfide) groups is 1. The summed E-state index contributed by atoms with van der Waals surface area (Å²) < 4.78 is 24.8. The molecule has 0 N–H and O–H groups in total. The largest absolute Gasteiger partial charge is 0.394 e. The molecule has 0 spiro atoms. The molecule has 2 unspecified atom stereocenters. The van der Waals surface area contributed by atoms with Gasteiger partial charge in [-0.25, -0.2) is 0 Å². The second-order valence-corrected chi connectivity index (χ2v) is 18.2. The molecule has 0 aliphatic heterocycles. The summed E-state index contributed by atoms with van der Waals surface area (Å²) in [6.45, 7) is 43.6. The molecule has 0 amide bonds. The molecule has 0 aromatic rings. The summed E-state index contributed by atoms with van der Waals surface area (Å²) in [6.07, 6.45) is 7.48. The van der Waals surface area contributed by atoms with E-state index in [0.717, 1.165) is 129 Å². The lowest BCUT2D eigenvalue weighted by atomic mass is 9.91. The predicted molar refractivity (Wildman–Crippen MR) is 219 cm³/mol. The van der Waals surface area contributed by atoms with Crippen LogP contribution in [0.2, 0.25) is 12.1 Å². The van der Waals surface area contributed by atoms with Crippen LogP contribution in [0, 0.1) is 0 Å². The van der Waals surface area contributed by atoms with E-state index in [1.807, 2.05) is 0 Å². The maximum atomic E-state index is 6.19. The first kappa shape index (κ1) is 49.5. The zero-order valence-corrected chi connectivity index (χ0v) is 37.9. The van der Waals surface area contributed by atoms with Gasteiger partial charge in [0, 0.05) is 35.9 Å². The third-order valence-electron chi connectivity index (χ3n) is 10.4. The molecular formula is C38H84N4O4SSi2. The Morgan fingerprint density at radius 2 is 0.673 bits per heavy atom. The maximum Gasteiger partial charge on any atom is 0.384 e. The first-order valence-electron chi connectivity index (χ1n) is 20.5. The third-order valence-corrected chi connectivity index (χ3v) is 16.5. The topological polar surface area (TPSA) is 49.9 Å². The Morgan fingerprint density at radius 3 is 0.857 bits per heavy atom.